The second-order valence-corrected chi connectivity index (χ2v) is 6.95. The highest BCUT2D eigenvalue weighted by molar-refractivity contribution is 6.13. The minimum absolute atomic E-state index is 0.00529. The van der Waals surface area contributed by atoms with E-state index in [1.807, 2.05) is 0 Å². The van der Waals surface area contributed by atoms with Gasteiger partial charge in [-0.3, -0.25) is 10.1 Å². The standard InChI is InChI=1S/C18H22F3N5O/c1-10(2)27-15-6-11(13(22)7-12(15)19)17(23)14-8-16(25(3)24-14)26-5-4-18(20,21)9-26/h6-8,10,23H,4-5,9,22H2,1-3H3. The SMILES string of the molecule is CC(C)Oc1cc(C(=N)c2cc(N3CCC(F)(F)C3)n(C)n2)c(N)cc1F. The fourth-order valence-corrected chi connectivity index (χ4v) is 3.07. The van der Waals surface area contributed by atoms with Gasteiger partial charge in [0.1, 0.15) is 11.5 Å². The van der Waals surface area contributed by atoms with Crippen molar-refractivity contribution in [1.82, 2.24) is 9.78 Å². The Kier molecular flexibility index (Phi) is 4.79. The van der Waals surface area contributed by atoms with E-state index in [2.05, 4.69) is 5.10 Å². The van der Waals surface area contributed by atoms with Crippen LogP contribution in [0.3, 0.4) is 0 Å². The molecular weight excluding hydrogens is 359 g/mol. The van der Waals surface area contributed by atoms with Gasteiger partial charge in [-0.1, -0.05) is 0 Å². The maximum Gasteiger partial charge on any atom is 0.266 e. The van der Waals surface area contributed by atoms with Crippen LogP contribution in [0.4, 0.5) is 24.7 Å². The number of rotatable bonds is 5. The zero-order valence-corrected chi connectivity index (χ0v) is 15.4. The fraction of sp³-hybridized carbons (Fsp3) is 0.444. The van der Waals surface area contributed by atoms with Gasteiger partial charge >= 0.3 is 0 Å². The van der Waals surface area contributed by atoms with E-state index in [4.69, 9.17) is 15.9 Å². The summed E-state index contributed by atoms with van der Waals surface area (Å²) in [7, 11) is 1.63. The first-order valence-electron chi connectivity index (χ1n) is 8.59. The molecule has 0 amide bonds. The molecule has 1 saturated heterocycles. The molecule has 1 aromatic carbocycles. The predicted molar refractivity (Wildman–Crippen MR) is 97.5 cm³/mol. The average molecular weight is 381 g/mol. The molecule has 0 radical (unpaired) electrons. The van der Waals surface area contributed by atoms with Crippen LogP contribution in [-0.2, 0) is 7.05 Å². The maximum absolute atomic E-state index is 14.0. The van der Waals surface area contributed by atoms with Crippen molar-refractivity contribution in [1.29, 1.82) is 5.41 Å². The summed E-state index contributed by atoms with van der Waals surface area (Å²) in [5.74, 6) is -2.86. The number of hydrogen-bond donors (Lipinski definition) is 2. The van der Waals surface area contributed by atoms with Crippen LogP contribution in [0.15, 0.2) is 18.2 Å². The van der Waals surface area contributed by atoms with Crippen LogP contribution in [0.5, 0.6) is 5.75 Å². The van der Waals surface area contributed by atoms with Crippen LogP contribution >= 0.6 is 0 Å². The van der Waals surface area contributed by atoms with Gasteiger partial charge in [0.25, 0.3) is 5.92 Å². The van der Waals surface area contributed by atoms with Gasteiger partial charge in [0.2, 0.25) is 0 Å². The lowest BCUT2D eigenvalue weighted by Crippen LogP contribution is -2.26. The summed E-state index contributed by atoms with van der Waals surface area (Å²) in [4.78, 5) is 1.53. The van der Waals surface area contributed by atoms with Crippen molar-refractivity contribution in [2.75, 3.05) is 23.7 Å². The summed E-state index contributed by atoms with van der Waals surface area (Å²) in [6.45, 7) is 3.35. The van der Waals surface area contributed by atoms with Crippen molar-refractivity contribution in [3.8, 4) is 5.75 Å². The second kappa shape index (κ2) is 6.79. The number of alkyl halides is 2. The topological polar surface area (TPSA) is 80.2 Å². The van der Waals surface area contributed by atoms with Crippen molar-refractivity contribution in [2.45, 2.75) is 32.3 Å². The molecule has 0 saturated carbocycles. The minimum Gasteiger partial charge on any atom is -0.488 e. The van der Waals surface area contributed by atoms with E-state index in [9.17, 15) is 13.2 Å². The Labute approximate surface area is 155 Å². The quantitative estimate of drug-likeness (QED) is 0.616. The van der Waals surface area contributed by atoms with E-state index in [0.29, 0.717) is 5.82 Å². The normalized spacial score (nSPS) is 16.2. The predicted octanol–water partition coefficient (Wildman–Crippen LogP) is 3.19. The molecule has 3 N–H and O–H groups in total. The molecule has 1 aliphatic heterocycles. The molecule has 0 atom stereocenters. The van der Waals surface area contributed by atoms with Gasteiger partial charge in [0.05, 0.1) is 18.4 Å². The van der Waals surface area contributed by atoms with Gasteiger partial charge in [-0.2, -0.15) is 5.10 Å². The zero-order chi connectivity index (χ0) is 19.9. The van der Waals surface area contributed by atoms with Crippen LogP contribution in [0.2, 0.25) is 0 Å². The highest BCUT2D eigenvalue weighted by Gasteiger charge is 2.39. The summed E-state index contributed by atoms with van der Waals surface area (Å²) in [6, 6.07) is 4.04. The van der Waals surface area contributed by atoms with Crippen LogP contribution < -0.4 is 15.4 Å². The first-order chi connectivity index (χ1) is 12.6. The Morgan fingerprint density at radius 3 is 2.63 bits per heavy atom. The van der Waals surface area contributed by atoms with E-state index in [-0.39, 0.29) is 54.0 Å². The number of nitrogen functional groups attached to an aromatic ring is 1. The molecule has 1 aromatic heterocycles. The van der Waals surface area contributed by atoms with Crippen molar-refractivity contribution < 1.29 is 17.9 Å². The minimum atomic E-state index is -2.73. The molecule has 6 nitrogen and oxygen atoms in total. The van der Waals surface area contributed by atoms with Crippen LogP contribution in [0.25, 0.3) is 0 Å². The number of benzene rings is 1. The number of halogens is 3. The van der Waals surface area contributed by atoms with Gasteiger partial charge in [0, 0.05) is 43.4 Å². The summed E-state index contributed by atoms with van der Waals surface area (Å²) >= 11 is 0. The molecule has 2 aromatic rings. The fourth-order valence-electron chi connectivity index (χ4n) is 3.07. The largest absolute Gasteiger partial charge is 0.488 e. The van der Waals surface area contributed by atoms with Gasteiger partial charge < -0.3 is 15.4 Å². The molecule has 27 heavy (non-hydrogen) atoms. The monoisotopic (exact) mass is 381 g/mol. The summed E-state index contributed by atoms with van der Waals surface area (Å²) in [5.41, 5.74) is 6.45. The molecule has 0 aliphatic carbocycles. The first-order valence-corrected chi connectivity index (χ1v) is 8.59. The highest BCUT2D eigenvalue weighted by atomic mass is 19.3. The van der Waals surface area contributed by atoms with Crippen LogP contribution in [0, 0.1) is 11.2 Å². The number of ether oxygens (including phenoxy) is 1. The molecule has 9 heteroatoms. The number of nitrogens with zero attached hydrogens (tertiary/aromatic N) is 3. The third kappa shape index (κ3) is 3.86. The first kappa shape index (κ1) is 19.1. The van der Waals surface area contributed by atoms with Crippen LogP contribution in [0.1, 0.15) is 31.5 Å². The molecule has 1 fully saturated rings. The van der Waals surface area contributed by atoms with Crippen molar-refractivity contribution in [3.63, 3.8) is 0 Å². The molecule has 1 aliphatic rings. The lowest BCUT2D eigenvalue weighted by atomic mass is 10.0. The summed E-state index contributed by atoms with van der Waals surface area (Å²) < 4.78 is 47.9. The Balaban J connectivity index is 1.92. The Morgan fingerprint density at radius 2 is 2.04 bits per heavy atom. The summed E-state index contributed by atoms with van der Waals surface area (Å²) in [5, 5.41) is 12.7. The number of nitrogens with two attached hydrogens (primary N) is 1. The Hall–Kier alpha value is -2.71. The van der Waals surface area contributed by atoms with Gasteiger partial charge in [0.15, 0.2) is 11.6 Å². The smallest absolute Gasteiger partial charge is 0.266 e. The third-order valence-electron chi connectivity index (χ3n) is 4.34. The number of aromatic nitrogens is 2. The molecule has 146 valence electrons. The van der Waals surface area contributed by atoms with E-state index in [1.165, 1.54) is 15.6 Å². The lowest BCUT2D eigenvalue weighted by molar-refractivity contribution is 0.0256. The van der Waals surface area contributed by atoms with Crippen molar-refractivity contribution in [2.24, 2.45) is 7.05 Å². The van der Waals surface area contributed by atoms with Crippen molar-refractivity contribution in [3.05, 3.63) is 35.3 Å². The van der Waals surface area contributed by atoms with Crippen LogP contribution in [-0.4, -0.2) is 40.6 Å². The molecule has 0 bridgehead atoms. The van der Waals surface area contributed by atoms with Crippen molar-refractivity contribution >= 4 is 17.2 Å². The number of aryl methyl sites for hydroxylation is 1. The van der Waals surface area contributed by atoms with E-state index < -0.39 is 11.7 Å². The molecule has 2 heterocycles. The second-order valence-electron chi connectivity index (χ2n) is 6.95. The Bertz CT molecular complexity index is 878. The van der Waals surface area contributed by atoms with Gasteiger partial charge in [-0.25, -0.2) is 13.2 Å². The van der Waals surface area contributed by atoms with E-state index in [0.717, 1.165) is 6.07 Å². The van der Waals surface area contributed by atoms with E-state index in [1.54, 1.807) is 27.0 Å². The maximum atomic E-state index is 14.0. The van der Waals surface area contributed by atoms with Gasteiger partial charge in [-0.15, -0.1) is 0 Å². The van der Waals surface area contributed by atoms with E-state index >= 15 is 0 Å². The molecular formula is C18H22F3N5O. The average Bonchev–Trinajstić information content (AvgIpc) is 3.11. The summed E-state index contributed by atoms with van der Waals surface area (Å²) in [6.07, 6.45) is -0.463. The molecule has 0 spiro atoms. The number of anilines is 2. The molecule has 0 unspecified atom stereocenters. The highest BCUT2D eigenvalue weighted by Crippen LogP contribution is 2.32. The Morgan fingerprint density at radius 1 is 1.33 bits per heavy atom. The lowest BCUT2D eigenvalue weighted by Gasteiger charge is -2.17. The molecule has 3 rings (SSSR count). The zero-order valence-electron chi connectivity index (χ0n) is 15.4. The third-order valence-corrected chi connectivity index (χ3v) is 4.34. The number of hydrogen-bond acceptors (Lipinski definition) is 5. The number of nitrogens with one attached hydrogen (secondary N) is 1. The van der Waals surface area contributed by atoms with Gasteiger partial charge in [-0.05, 0) is 19.9 Å².